The average molecular weight is 243 g/mol. The van der Waals surface area contributed by atoms with Crippen molar-refractivity contribution in [1.82, 2.24) is 0 Å². The van der Waals surface area contributed by atoms with Crippen LogP contribution < -0.4 is 0 Å². The standard InChI is InChI=1S/C12H15ClO3/c1-2-16-7-6-11(12(14)15)9-4-3-5-10(13)8-9/h3-5,8,11H,2,6-7H2,1H3,(H,14,15). The van der Waals surface area contributed by atoms with E-state index < -0.39 is 11.9 Å². The van der Waals surface area contributed by atoms with E-state index in [4.69, 9.17) is 21.4 Å². The summed E-state index contributed by atoms with van der Waals surface area (Å²) in [6.45, 7) is 2.93. The first kappa shape index (κ1) is 13.0. The van der Waals surface area contributed by atoms with Gasteiger partial charge in [0.05, 0.1) is 5.92 Å². The van der Waals surface area contributed by atoms with Crippen molar-refractivity contribution < 1.29 is 14.6 Å². The predicted molar refractivity (Wildman–Crippen MR) is 62.9 cm³/mol. The van der Waals surface area contributed by atoms with Gasteiger partial charge in [-0.15, -0.1) is 0 Å². The lowest BCUT2D eigenvalue weighted by Gasteiger charge is -2.12. The van der Waals surface area contributed by atoms with Gasteiger partial charge in [-0.25, -0.2) is 0 Å². The monoisotopic (exact) mass is 242 g/mol. The van der Waals surface area contributed by atoms with Crippen LogP contribution in [0.5, 0.6) is 0 Å². The maximum atomic E-state index is 11.1. The summed E-state index contributed by atoms with van der Waals surface area (Å²) >= 11 is 5.83. The third kappa shape index (κ3) is 3.83. The minimum absolute atomic E-state index is 0.444. The van der Waals surface area contributed by atoms with Crippen LogP contribution in [0, 0.1) is 0 Å². The van der Waals surface area contributed by atoms with Crippen molar-refractivity contribution in [3.63, 3.8) is 0 Å². The highest BCUT2D eigenvalue weighted by Gasteiger charge is 2.19. The SMILES string of the molecule is CCOCCC(C(=O)O)c1cccc(Cl)c1. The van der Waals surface area contributed by atoms with Crippen molar-refractivity contribution >= 4 is 17.6 Å². The van der Waals surface area contributed by atoms with E-state index in [0.29, 0.717) is 24.7 Å². The van der Waals surface area contributed by atoms with Gasteiger partial charge in [-0.3, -0.25) is 4.79 Å². The van der Waals surface area contributed by atoms with Crippen molar-refractivity contribution in [2.45, 2.75) is 19.3 Å². The largest absolute Gasteiger partial charge is 0.481 e. The van der Waals surface area contributed by atoms with Crippen molar-refractivity contribution in [2.75, 3.05) is 13.2 Å². The molecule has 0 spiro atoms. The smallest absolute Gasteiger partial charge is 0.311 e. The molecule has 0 saturated carbocycles. The molecule has 0 aliphatic heterocycles. The molecule has 1 atom stereocenters. The molecule has 1 aromatic rings. The number of hydrogen-bond donors (Lipinski definition) is 1. The second kappa shape index (κ2) is 6.51. The molecule has 16 heavy (non-hydrogen) atoms. The molecule has 0 bridgehead atoms. The van der Waals surface area contributed by atoms with Crippen molar-refractivity contribution in [1.29, 1.82) is 0 Å². The molecule has 88 valence electrons. The van der Waals surface area contributed by atoms with Gasteiger partial charge in [-0.2, -0.15) is 0 Å². The van der Waals surface area contributed by atoms with E-state index in [-0.39, 0.29) is 0 Å². The normalized spacial score (nSPS) is 12.4. The molecule has 0 amide bonds. The zero-order valence-corrected chi connectivity index (χ0v) is 9.91. The fraction of sp³-hybridized carbons (Fsp3) is 0.417. The summed E-state index contributed by atoms with van der Waals surface area (Å²) < 4.78 is 5.17. The quantitative estimate of drug-likeness (QED) is 0.781. The van der Waals surface area contributed by atoms with Crippen LogP contribution in [-0.4, -0.2) is 24.3 Å². The molecule has 1 aromatic carbocycles. The molecular formula is C12H15ClO3. The number of carbonyl (C=O) groups is 1. The van der Waals surface area contributed by atoms with Crippen LogP contribution in [0.2, 0.25) is 5.02 Å². The van der Waals surface area contributed by atoms with Crippen LogP contribution in [0.25, 0.3) is 0 Å². The molecule has 3 nitrogen and oxygen atoms in total. The second-order valence-electron chi connectivity index (χ2n) is 3.43. The van der Waals surface area contributed by atoms with E-state index in [9.17, 15) is 4.79 Å². The third-order valence-electron chi connectivity index (χ3n) is 2.30. The van der Waals surface area contributed by atoms with E-state index in [2.05, 4.69) is 0 Å². The summed E-state index contributed by atoms with van der Waals surface area (Å²) in [5.41, 5.74) is 0.722. The third-order valence-corrected chi connectivity index (χ3v) is 2.54. The van der Waals surface area contributed by atoms with Crippen LogP contribution >= 0.6 is 11.6 Å². The fourth-order valence-electron chi connectivity index (χ4n) is 1.50. The highest BCUT2D eigenvalue weighted by molar-refractivity contribution is 6.30. The number of carboxylic acid groups (broad SMARTS) is 1. The Morgan fingerprint density at radius 2 is 2.31 bits per heavy atom. The Kier molecular flexibility index (Phi) is 5.29. The summed E-state index contributed by atoms with van der Waals surface area (Å²) in [6, 6.07) is 6.95. The lowest BCUT2D eigenvalue weighted by molar-refractivity contribution is -0.139. The van der Waals surface area contributed by atoms with Gasteiger partial charge in [-0.05, 0) is 31.0 Å². The van der Waals surface area contributed by atoms with Crippen LogP contribution in [-0.2, 0) is 9.53 Å². The Morgan fingerprint density at radius 1 is 1.56 bits per heavy atom. The predicted octanol–water partition coefficient (Wildman–Crippen LogP) is 2.93. The number of rotatable bonds is 6. The minimum atomic E-state index is -0.845. The molecule has 4 heteroatoms. The van der Waals surface area contributed by atoms with E-state index in [1.54, 1.807) is 24.3 Å². The fourth-order valence-corrected chi connectivity index (χ4v) is 1.70. The molecule has 0 saturated heterocycles. The van der Waals surface area contributed by atoms with E-state index in [1.807, 2.05) is 6.92 Å². The van der Waals surface area contributed by atoms with Crippen molar-refractivity contribution in [3.8, 4) is 0 Å². The van der Waals surface area contributed by atoms with Gasteiger partial charge in [0, 0.05) is 18.2 Å². The first-order valence-corrected chi connectivity index (χ1v) is 5.59. The van der Waals surface area contributed by atoms with Crippen molar-refractivity contribution in [3.05, 3.63) is 34.9 Å². The molecule has 0 aromatic heterocycles. The Morgan fingerprint density at radius 3 is 2.88 bits per heavy atom. The Labute approximate surface area is 100.0 Å². The maximum Gasteiger partial charge on any atom is 0.311 e. The lowest BCUT2D eigenvalue weighted by atomic mass is 9.96. The summed E-state index contributed by atoms with van der Waals surface area (Å²) in [4.78, 5) is 11.1. The summed E-state index contributed by atoms with van der Waals surface area (Å²) in [6.07, 6.45) is 0.462. The number of halogens is 1. The van der Waals surface area contributed by atoms with E-state index in [0.717, 1.165) is 5.56 Å². The molecule has 0 aliphatic carbocycles. The molecule has 1 rings (SSSR count). The number of benzene rings is 1. The number of ether oxygens (including phenoxy) is 1. The van der Waals surface area contributed by atoms with Gasteiger partial charge < -0.3 is 9.84 Å². The average Bonchev–Trinajstić information content (AvgIpc) is 2.24. The van der Waals surface area contributed by atoms with Crippen LogP contribution in [0.15, 0.2) is 24.3 Å². The summed E-state index contributed by atoms with van der Waals surface area (Å²) in [5, 5.41) is 9.67. The number of carboxylic acids is 1. The minimum Gasteiger partial charge on any atom is -0.481 e. The first-order chi connectivity index (χ1) is 7.65. The second-order valence-corrected chi connectivity index (χ2v) is 3.87. The maximum absolute atomic E-state index is 11.1. The molecule has 0 heterocycles. The van der Waals surface area contributed by atoms with Crippen molar-refractivity contribution in [2.24, 2.45) is 0 Å². The Balaban J connectivity index is 2.73. The number of aliphatic carboxylic acids is 1. The Bertz CT molecular complexity index is 352. The van der Waals surface area contributed by atoms with Gasteiger partial charge in [-0.1, -0.05) is 23.7 Å². The zero-order valence-electron chi connectivity index (χ0n) is 9.15. The van der Waals surface area contributed by atoms with Crippen LogP contribution in [0.4, 0.5) is 0 Å². The van der Waals surface area contributed by atoms with Gasteiger partial charge in [0.25, 0.3) is 0 Å². The topological polar surface area (TPSA) is 46.5 Å². The molecule has 1 N–H and O–H groups in total. The van der Waals surface area contributed by atoms with Gasteiger partial charge in [0.1, 0.15) is 0 Å². The molecular weight excluding hydrogens is 228 g/mol. The van der Waals surface area contributed by atoms with E-state index >= 15 is 0 Å². The van der Waals surface area contributed by atoms with E-state index in [1.165, 1.54) is 0 Å². The molecule has 0 aliphatic rings. The van der Waals surface area contributed by atoms with Crippen LogP contribution in [0.1, 0.15) is 24.8 Å². The van der Waals surface area contributed by atoms with Crippen LogP contribution in [0.3, 0.4) is 0 Å². The highest BCUT2D eigenvalue weighted by Crippen LogP contribution is 2.23. The summed E-state index contributed by atoms with van der Waals surface area (Å²) in [7, 11) is 0. The first-order valence-electron chi connectivity index (χ1n) is 5.21. The zero-order chi connectivity index (χ0) is 12.0. The summed E-state index contributed by atoms with van der Waals surface area (Å²) in [5.74, 6) is -1.40. The molecule has 0 radical (unpaired) electrons. The molecule has 1 unspecified atom stereocenters. The highest BCUT2D eigenvalue weighted by atomic mass is 35.5. The van der Waals surface area contributed by atoms with Gasteiger partial charge >= 0.3 is 5.97 Å². The van der Waals surface area contributed by atoms with Gasteiger partial charge in [0.2, 0.25) is 0 Å². The number of hydrogen-bond acceptors (Lipinski definition) is 2. The lowest BCUT2D eigenvalue weighted by Crippen LogP contribution is -2.14. The Hall–Kier alpha value is -1.06. The van der Waals surface area contributed by atoms with Gasteiger partial charge in [0.15, 0.2) is 0 Å². The molecule has 0 fully saturated rings.